The van der Waals surface area contributed by atoms with E-state index in [2.05, 4.69) is 4.74 Å². The van der Waals surface area contributed by atoms with Crippen LogP contribution in [0.3, 0.4) is 0 Å². The van der Waals surface area contributed by atoms with Crippen molar-refractivity contribution in [2.45, 2.75) is 41.3 Å². The van der Waals surface area contributed by atoms with Gasteiger partial charge in [-0.25, -0.2) is 4.90 Å². The van der Waals surface area contributed by atoms with E-state index in [0.29, 0.717) is 0 Å². The Kier molecular flexibility index (Phi) is 3.91. The van der Waals surface area contributed by atoms with E-state index in [-0.39, 0.29) is 11.3 Å². The van der Waals surface area contributed by atoms with Crippen LogP contribution in [0, 0.1) is 0 Å². The summed E-state index contributed by atoms with van der Waals surface area (Å²) in [5.41, 5.74) is -11.6. The van der Waals surface area contributed by atoms with E-state index < -0.39 is 28.0 Å². The third-order valence-corrected chi connectivity index (χ3v) is 3.02. The van der Waals surface area contributed by atoms with Gasteiger partial charge >= 0.3 is 0 Å². The van der Waals surface area contributed by atoms with Gasteiger partial charge in [0.05, 0.1) is 11.2 Å². The first-order valence-corrected chi connectivity index (χ1v) is 5.27. The summed E-state index contributed by atoms with van der Waals surface area (Å²) >= 11 is 0. The first kappa shape index (κ1) is 17.2. The highest BCUT2D eigenvalue weighted by Gasteiger charge is 2.65. The van der Waals surface area contributed by atoms with E-state index in [9.17, 15) is 20.4 Å². The number of rotatable bonds is 2. The maximum Gasteiger partial charge on any atom is 0.158 e. The van der Waals surface area contributed by atoms with Crippen LogP contribution in [0.1, 0.15) is 13.3 Å². The van der Waals surface area contributed by atoms with Gasteiger partial charge in [-0.15, -0.1) is 0 Å². The quantitative estimate of drug-likeness (QED) is 0.368. The second kappa shape index (κ2) is 4.32. The second-order valence-corrected chi connectivity index (χ2v) is 4.61. The molecule has 1 fully saturated rings. The predicted molar refractivity (Wildman–Crippen MR) is 70.3 cm³/mol. The maximum atomic E-state index is 10.1. The normalized spacial score (nSPS) is 46.6. The summed E-state index contributed by atoms with van der Waals surface area (Å²) in [6.45, 7) is 1.37. The van der Waals surface area contributed by atoms with Crippen LogP contribution < -0.4 is 0 Å². The van der Waals surface area contributed by atoms with E-state index in [1.54, 1.807) is 0 Å². The first-order chi connectivity index (χ1) is 8.13. The Labute approximate surface area is 119 Å². The number of morpholine rings is 1. The molecule has 4 atom stereocenters. The number of hydrogen-bond acceptors (Lipinski definition) is 6. The van der Waals surface area contributed by atoms with E-state index in [0.717, 1.165) is 0 Å². The lowest BCUT2D eigenvalue weighted by Gasteiger charge is -2.68. The molecule has 1 aliphatic heterocycles. The molecular weight excluding hydrogens is 243 g/mol. The van der Waals surface area contributed by atoms with Gasteiger partial charge in [0.2, 0.25) is 0 Å². The number of hydrogen-bond donors (Lipinski definition) is 4. The van der Waals surface area contributed by atoms with Gasteiger partial charge in [0.25, 0.3) is 0 Å². The molecule has 19 heavy (non-hydrogen) atoms. The second-order valence-electron chi connectivity index (χ2n) is 4.61. The molecule has 1 saturated heterocycles. The zero-order valence-electron chi connectivity index (χ0n) is 10.3. The monoisotopic (exact) mass is 253 g/mol. The zero-order chi connectivity index (χ0) is 15.5. The molecule has 0 amide bonds. The Balaban J connectivity index is 3.51. The van der Waals surface area contributed by atoms with Crippen LogP contribution in [0.4, 0.5) is 0 Å². The van der Waals surface area contributed by atoms with Gasteiger partial charge in [-0.3, -0.25) is 0 Å². The summed E-state index contributed by atoms with van der Waals surface area (Å²) in [6.07, 6.45) is -0.293. The highest BCUT2D eigenvalue weighted by atomic mass is 16.7. The minimum atomic E-state index is -3.10. The first-order valence-electron chi connectivity index (χ1n) is 5.27. The maximum absolute atomic E-state index is 10.1. The van der Waals surface area contributed by atoms with Gasteiger partial charge in [-0.05, 0) is 6.42 Å². The fourth-order valence-corrected chi connectivity index (χ4v) is 1.75. The fourth-order valence-electron chi connectivity index (χ4n) is 1.75. The predicted octanol–water partition coefficient (Wildman–Crippen LogP) is -5.02. The van der Waals surface area contributed by atoms with Crippen molar-refractivity contribution in [1.82, 2.24) is 4.90 Å². The molecule has 12 radical (unpaired) electrons. The van der Waals surface area contributed by atoms with Gasteiger partial charge in [0.1, 0.15) is 50.5 Å². The molecule has 6 nitrogen and oxygen atoms in total. The van der Waals surface area contributed by atoms with Crippen LogP contribution in [0.15, 0.2) is 0 Å². The van der Waals surface area contributed by atoms with Crippen LogP contribution in [-0.2, 0) is 4.74 Å². The molecule has 0 saturated carbocycles. The summed E-state index contributed by atoms with van der Waals surface area (Å²) in [5, 5.41) is 37.1. The zero-order valence-corrected chi connectivity index (χ0v) is 10.3. The topological polar surface area (TPSA) is 93.4 Å². The Morgan fingerprint density at radius 3 is 1.84 bits per heavy atom. The Bertz CT molecular complexity index is 347. The number of aliphatic hydroxyl groups is 4. The molecule has 90 valence electrons. The molecule has 0 spiro atoms. The highest BCUT2D eigenvalue weighted by molar-refractivity contribution is 6.45. The number of nitrogens with zero attached hydrogens (tertiary/aromatic N) is 1. The van der Waals surface area contributed by atoms with Crippen LogP contribution >= 0.6 is 0 Å². The molecular formula is C7H9B6NO5. The van der Waals surface area contributed by atoms with Gasteiger partial charge in [0, 0.05) is 5.40 Å². The molecule has 1 aliphatic rings. The van der Waals surface area contributed by atoms with Crippen molar-refractivity contribution < 1.29 is 25.2 Å². The van der Waals surface area contributed by atoms with Crippen LogP contribution in [0.5, 0.6) is 0 Å². The van der Waals surface area contributed by atoms with Gasteiger partial charge in [-0.2, -0.15) is 0 Å². The standard InChI is InChI=1S/C7H9B6NO5/c1-2-3(8,15)14-5(11,16)4(9,10)19-7(13,18)6(14,12)17/h15-18H,2H2,1H3. The van der Waals surface area contributed by atoms with E-state index in [4.69, 9.17) is 47.1 Å². The molecule has 4 N–H and O–H groups in total. The molecule has 12 heteroatoms. The largest absolute Gasteiger partial charge is 0.385 e. The Morgan fingerprint density at radius 1 is 1.05 bits per heavy atom. The summed E-state index contributed by atoms with van der Waals surface area (Å²) in [6, 6.07) is 0. The Hall–Kier alpha value is 0.150. The molecule has 0 aromatic heterocycles. The number of ether oxygens (including phenoxy) is 1. The molecule has 4 unspecified atom stereocenters. The average molecular weight is 252 g/mol. The van der Waals surface area contributed by atoms with Crippen molar-refractivity contribution in [2.24, 2.45) is 0 Å². The SMILES string of the molecule is [B]C(O)(CC)N1C([B])(O)C([B])([B])OC([B])(O)C1([B])O. The molecule has 0 aliphatic carbocycles. The van der Waals surface area contributed by atoms with Crippen LogP contribution in [0.2, 0.25) is 0 Å². The summed E-state index contributed by atoms with van der Waals surface area (Å²) in [4.78, 5) is 0.0660. The van der Waals surface area contributed by atoms with Crippen molar-refractivity contribution in [3.8, 4) is 0 Å². The van der Waals surface area contributed by atoms with Crippen molar-refractivity contribution in [3.63, 3.8) is 0 Å². The fraction of sp³-hybridized carbons (Fsp3) is 1.00. The van der Waals surface area contributed by atoms with E-state index in [1.807, 2.05) is 0 Å². The Morgan fingerprint density at radius 2 is 1.47 bits per heavy atom. The molecule has 0 bridgehead atoms. The lowest BCUT2D eigenvalue weighted by molar-refractivity contribution is -0.393. The smallest absolute Gasteiger partial charge is 0.158 e. The lowest BCUT2D eigenvalue weighted by Crippen LogP contribution is -2.88. The van der Waals surface area contributed by atoms with E-state index in [1.165, 1.54) is 6.92 Å². The van der Waals surface area contributed by atoms with Crippen molar-refractivity contribution in [2.75, 3.05) is 0 Å². The summed E-state index contributed by atoms with van der Waals surface area (Å²) < 4.78 is 4.49. The van der Waals surface area contributed by atoms with Crippen molar-refractivity contribution in [1.29, 1.82) is 0 Å². The summed E-state index contributed by atoms with van der Waals surface area (Å²) in [5.74, 6) is 0. The highest BCUT2D eigenvalue weighted by Crippen LogP contribution is 2.43. The third kappa shape index (κ3) is 2.32. The lowest BCUT2D eigenvalue weighted by atomic mass is 9.47. The summed E-state index contributed by atoms with van der Waals surface area (Å²) in [7, 11) is 32.2. The van der Waals surface area contributed by atoms with Crippen LogP contribution in [-0.4, -0.2) is 100 Å². The molecule has 1 rings (SSSR count). The van der Waals surface area contributed by atoms with Crippen molar-refractivity contribution >= 4 is 47.1 Å². The van der Waals surface area contributed by atoms with E-state index >= 15 is 0 Å². The third-order valence-electron chi connectivity index (χ3n) is 3.02. The van der Waals surface area contributed by atoms with Gasteiger partial charge < -0.3 is 25.2 Å². The minimum Gasteiger partial charge on any atom is -0.385 e. The van der Waals surface area contributed by atoms with Gasteiger partial charge in [-0.1, -0.05) is 6.92 Å². The van der Waals surface area contributed by atoms with Gasteiger partial charge in [0.15, 0.2) is 7.85 Å². The van der Waals surface area contributed by atoms with Crippen LogP contribution in [0.25, 0.3) is 0 Å². The molecule has 0 aromatic rings. The molecule has 1 heterocycles. The van der Waals surface area contributed by atoms with Crippen molar-refractivity contribution in [3.05, 3.63) is 0 Å². The average Bonchev–Trinajstić information content (AvgIpc) is 2.12. The minimum absolute atomic E-state index is 0.0660. The molecule has 0 aromatic carbocycles.